The standard InChI is InChI=1S/C14H20N2OS2/c1-11-4-2-3-5-13(11)16-14(17)9-15-8-12-10-18-6-7-19-12/h2-5,12,15H,6-10H2,1H3,(H,16,17). The highest BCUT2D eigenvalue weighted by Crippen LogP contribution is 2.23. The van der Waals surface area contributed by atoms with Gasteiger partial charge in [0.1, 0.15) is 0 Å². The Balaban J connectivity index is 1.68. The van der Waals surface area contributed by atoms with Crippen molar-refractivity contribution in [3.05, 3.63) is 29.8 Å². The highest BCUT2D eigenvalue weighted by molar-refractivity contribution is 8.06. The summed E-state index contributed by atoms with van der Waals surface area (Å²) in [6.07, 6.45) is 0. The van der Waals surface area contributed by atoms with E-state index in [4.69, 9.17) is 0 Å². The van der Waals surface area contributed by atoms with Crippen LogP contribution in [0.4, 0.5) is 5.69 Å². The van der Waals surface area contributed by atoms with Gasteiger partial charge in [-0.3, -0.25) is 4.79 Å². The quantitative estimate of drug-likeness (QED) is 0.875. The van der Waals surface area contributed by atoms with E-state index in [-0.39, 0.29) is 5.91 Å². The average Bonchev–Trinajstić information content (AvgIpc) is 2.43. The number of thioether (sulfide) groups is 2. The van der Waals surface area contributed by atoms with Gasteiger partial charge in [-0.2, -0.15) is 23.5 Å². The molecule has 5 heteroatoms. The Bertz CT molecular complexity index is 420. The number of benzene rings is 1. The second kappa shape index (κ2) is 7.82. The van der Waals surface area contributed by atoms with Gasteiger partial charge in [-0.1, -0.05) is 18.2 Å². The third kappa shape index (κ3) is 5.09. The van der Waals surface area contributed by atoms with Gasteiger partial charge in [-0.15, -0.1) is 0 Å². The minimum atomic E-state index is 0.0303. The lowest BCUT2D eigenvalue weighted by molar-refractivity contribution is -0.115. The molecule has 0 spiro atoms. The number of amides is 1. The minimum absolute atomic E-state index is 0.0303. The SMILES string of the molecule is Cc1ccccc1NC(=O)CNCC1CSCCS1. The van der Waals surface area contributed by atoms with E-state index in [0.29, 0.717) is 11.8 Å². The van der Waals surface area contributed by atoms with E-state index < -0.39 is 0 Å². The minimum Gasteiger partial charge on any atom is -0.325 e. The van der Waals surface area contributed by atoms with Crippen LogP contribution in [0.5, 0.6) is 0 Å². The Morgan fingerprint density at radius 3 is 2.95 bits per heavy atom. The van der Waals surface area contributed by atoms with Crippen LogP contribution in [0.3, 0.4) is 0 Å². The van der Waals surface area contributed by atoms with E-state index in [2.05, 4.69) is 10.6 Å². The van der Waals surface area contributed by atoms with Crippen molar-refractivity contribution in [2.45, 2.75) is 12.2 Å². The molecule has 0 bridgehead atoms. The second-order valence-electron chi connectivity index (χ2n) is 4.56. The van der Waals surface area contributed by atoms with Crippen LogP contribution >= 0.6 is 23.5 Å². The molecule has 1 amide bonds. The molecule has 19 heavy (non-hydrogen) atoms. The van der Waals surface area contributed by atoms with Crippen molar-refractivity contribution >= 4 is 35.1 Å². The average molecular weight is 296 g/mol. The summed E-state index contributed by atoms with van der Waals surface area (Å²) < 4.78 is 0. The van der Waals surface area contributed by atoms with Crippen molar-refractivity contribution in [1.29, 1.82) is 0 Å². The zero-order chi connectivity index (χ0) is 13.5. The van der Waals surface area contributed by atoms with E-state index in [9.17, 15) is 4.79 Å². The monoisotopic (exact) mass is 296 g/mol. The molecule has 1 aromatic carbocycles. The summed E-state index contributed by atoms with van der Waals surface area (Å²) in [6.45, 7) is 3.30. The van der Waals surface area contributed by atoms with E-state index in [1.807, 2.05) is 54.7 Å². The Labute approximate surface area is 123 Å². The van der Waals surface area contributed by atoms with Crippen LogP contribution in [0.15, 0.2) is 24.3 Å². The maximum Gasteiger partial charge on any atom is 0.238 e. The fraction of sp³-hybridized carbons (Fsp3) is 0.500. The molecule has 0 aromatic heterocycles. The Hall–Kier alpha value is -0.650. The number of anilines is 1. The summed E-state index contributed by atoms with van der Waals surface area (Å²) in [5, 5.41) is 6.83. The van der Waals surface area contributed by atoms with E-state index in [0.717, 1.165) is 17.8 Å². The van der Waals surface area contributed by atoms with Crippen LogP contribution < -0.4 is 10.6 Å². The van der Waals surface area contributed by atoms with Gasteiger partial charge in [0, 0.05) is 34.7 Å². The molecule has 0 radical (unpaired) electrons. The fourth-order valence-corrected chi connectivity index (χ4v) is 4.56. The van der Waals surface area contributed by atoms with Crippen LogP contribution in [0.25, 0.3) is 0 Å². The van der Waals surface area contributed by atoms with Crippen LogP contribution in [0.1, 0.15) is 5.56 Å². The Kier molecular flexibility index (Phi) is 6.07. The molecule has 1 atom stereocenters. The lowest BCUT2D eigenvalue weighted by atomic mass is 10.2. The van der Waals surface area contributed by atoms with E-state index in [1.54, 1.807) is 0 Å². The number of hydrogen-bond acceptors (Lipinski definition) is 4. The van der Waals surface area contributed by atoms with Crippen LogP contribution in [-0.2, 0) is 4.79 Å². The van der Waals surface area contributed by atoms with Crippen molar-refractivity contribution in [3.63, 3.8) is 0 Å². The smallest absolute Gasteiger partial charge is 0.238 e. The number of hydrogen-bond donors (Lipinski definition) is 2. The summed E-state index contributed by atoms with van der Waals surface area (Å²) in [5.74, 6) is 3.71. The molecule has 1 aromatic rings. The highest BCUT2D eigenvalue weighted by atomic mass is 32.2. The zero-order valence-corrected chi connectivity index (χ0v) is 12.8. The van der Waals surface area contributed by atoms with Gasteiger partial charge in [0.15, 0.2) is 0 Å². The van der Waals surface area contributed by atoms with Crippen LogP contribution in [0, 0.1) is 6.92 Å². The number of para-hydroxylation sites is 1. The molecule has 0 saturated carbocycles. The maximum absolute atomic E-state index is 11.8. The van der Waals surface area contributed by atoms with Crippen LogP contribution in [-0.4, -0.2) is 41.5 Å². The third-order valence-corrected chi connectivity index (χ3v) is 5.81. The summed E-state index contributed by atoms with van der Waals surface area (Å²) in [5.41, 5.74) is 1.99. The molecule has 104 valence electrons. The summed E-state index contributed by atoms with van der Waals surface area (Å²) >= 11 is 4.01. The Morgan fingerprint density at radius 1 is 1.37 bits per heavy atom. The van der Waals surface area contributed by atoms with E-state index >= 15 is 0 Å². The number of nitrogens with one attached hydrogen (secondary N) is 2. The molecule has 1 heterocycles. The first-order valence-corrected chi connectivity index (χ1v) is 8.71. The molecule has 1 aliphatic rings. The van der Waals surface area contributed by atoms with Gasteiger partial charge in [0.05, 0.1) is 6.54 Å². The maximum atomic E-state index is 11.8. The normalized spacial score (nSPS) is 19.1. The third-order valence-electron chi connectivity index (χ3n) is 2.96. The summed E-state index contributed by atoms with van der Waals surface area (Å²) in [7, 11) is 0. The predicted octanol–water partition coefficient (Wildman–Crippen LogP) is 2.37. The molecule has 3 nitrogen and oxygen atoms in total. The molecule has 1 unspecified atom stereocenters. The van der Waals surface area contributed by atoms with Crippen molar-refractivity contribution in [2.24, 2.45) is 0 Å². The molecule has 0 aliphatic carbocycles. The van der Waals surface area contributed by atoms with Crippen molar-refractivity contribution < 1.29 is 4.79 Å². The van der Waals surface area contributed by atoms with Gasteiger partial charge in [-0.05, 0) is 18.6 Å². The van der Waals surface area contributed by atoms with Gasteiger partial charge >= 0.3 is 0 Å². The fourth-order valence-electron chi connectivity index (χ4n) is 1.91. The van der Waals surface area contributed by atoms with Crippen molar-refractivity contribution in [3.8, 4) is 0 Å². The number of rotatable bonds is 5. The van der Waals surface area contributed by atoms with Gasteiger partial charge in [-0.25, -0.2) is 0 Å². The first kappa shape index (κ1) is 14.8. The zero-order valence-electron chi connectivity index (χ0n) is 11.1. The first-order chi connectivity index (χ1) is 9.25. The predicted molar refractivity (Wildman–Crippen MR) is 86.2 cm³/mol. The topological polar surface area (TPSA) is 41.1 Å². The lowest BCUT2D eigenvalue weighted by Crippen LogP contribution is -2.34. The van der Waals surface area contributed by atoms with Crippen molar-refractivity contribution in [1.82, 2.24) is 5.32 Å². The molecule has 1 fully saturated rings. The van der Waals surface area contributed by atoms with E-state index in [1.165, 1.54) is 17.3 Å². The number of carbonyl (C=O) groups excluding carboxylic acids is 1. The summed E-state index contributed by atoms with van der Waals surface area (Å²) in [6, 6.07) is 7.84. The lowest BCUT2D eigenvalue weighted by Gasteiger charge is -2.21. The molecule has 1 saturated heterocycles. The number of aryl methyl sites for hydroxylation is 1. The second-order valence-corrected chi connectivity index (χ2v) is 7.12. The molecule has 2 rings (SSSR count). The van der Waals surface area contributed by atoms with Gasteiger partial charge < -0.3 is 10.6 Å². The molecule has 2 N–H and O–H groups in total. The molecular weight excluding hydrogens is 276 g/mol. The number of carbonyl (C=O) groups is 1. The van der Waals surface area contributed by atoms with Crippen LogP contribution in [0.2, 0.25) is 0 Å². The first-order valence-electron chi connectivity index (χ1n) is 6.51. The van der Waals surface area contributed by atoms with Gasteiger partial charge in [0.25, 0.3) is 0 Å². The van der Waals surface area contributed by atoms with Crippen molar-refractivity contribution in [2.75, 3.05) is 35.7 Å². The molecule has 1 aliphatic heterocycles. The summed E-state index contributed by atoms with van der Waals surface area (Å²) in [4.78, 5) is 11.8. The highest BCUT2D eigenvalue weighted by Gasteiger charge is 2.14. The Morgan fingerprint density at radius 2 is 2.21 bits per heavy atom. The molecular formula is C14H20N2OS2. The van der Waals surface area contributed by atoms with Gasteiger partial charge in [0.2, 0.25) is 5.91 Å². The largest absolute Gasteiger partial charge is 0.325 e.